The maximum atomic E-state index is 12.8. The van der Waals surface area contributed by atoms with E-state index in [0.717, 1.165) is 26.5 Å². The minimum absolute atomic E-state index is 0.216. The quantitative estimate of drug-likeness (QED) is 0.0985. The number of ether oxygens (including phenoxy) is 1. The van der Waals surface area contributed by atoms with Crippen LogP contribution in [-0.2, 0) is 4.79 Å². The summed E-state index contributed by atoms with van der Waals surface area (Å²) >= 11 is 14.3. The van der Waals surface area contributed by atoms with Gasteiger partial charge in [0.15, 0.2) is 11.7 Å². The number of hydrazone groups is 1. The molecule has 3 N–H and O–H groups in total. The van der Waals surface area contributed by atoms with E-state index < -0.39 is 0 Å². The lowest BCUT2D eigenvalue weighted by molar-refractivity contribution is -0.118. The van der Waals surface area contributed by atoms with Crippen LogP contribution < -0.4 is 20.8 Å². The van der Waals surface area contributed by atoms with Gasteiger partial charge in [0.05, 0.1) is 16.4 Å². The second kappa shape index (κ2) is 14.4. The molecule has 0 fully saturated rings. The van der Waals surface area contributed by atoms with Crippen molar-refractivity contribution in [1.82, 2.24) is 10.4 Å². The molecule has 5 rings (SSSR count). The molecule has 0 aliphatic carbocycles. The van der Waals surface area contributed by atoms with Gasteiger partial charge in [-0.1, -0.05) is 57.9 Å². The predicted molar refractivity (Wildman–Crippen MR) is 180 cm³/mol. The third kappa shape index (κ3) is 8.51. The molecule has 0 aliphatic heterocycles. The second-order valence-electron chi connectivity index (χ2n) is 8.96. The Morgan fingerprint density at radius 2 is 1.70 bits per heavy atom. The number of benzene rings is 4. The number of carbonyl (C=O) groups is 2. The van der Waals surface area contributed by atoms with Crippen molar-refractivity contribution in [2.45, 2.75) is 0 Å². The Balaban J connectivity index is 1.19. The Bertz CT molecular complexity index is 1770. The number of aromatic nitrogens is 1. The lowest BCUT2D eigenvalue weighted by atomic mass is 10.1. The number of anilines is 3. The summed E-state index contributed by atoms with van der Waals surface area (Å²) in [6.07, 6.45) is 1.46. The van der Waals surface area contributed by atoms with E-state index in [-0.39, 0.29) is 18.4 Å². The molecule has 12 heteroatoms. The molecule has 0 radical (unpaired) electrons. The largest absolute Gasteiger partial charge is 0.482 e. The van der Waals surface area contributed by atoms with Crippen molar-refractivity contribution in [2.24, 2.45) is 5.10 Å². The summed E-state index contributed by atoms with van der Waals surface area (Å²) in [6.45, 7) is -0.216. The SMILES string of the molecule is O=C(COc1c(Br)cc(Br)cc1/C=N\NC(=O)c1ccc(-c2csc(Nc3ccc(Cl)cc3)n2)cc1)Nc1ccccc1. The van der Waals surface area contributed by atoms with Gasteiger partial charge in [0.1, 0.15) is 5.75 Å². The molecular weight excluding hydrogens is 718 g/mol. The van der Waals surface area contributed by atoms with Gasteiger partial charge in [-0.05, 0) is 76.6 Å². The molecule has 0 atom stereocenters. The summed E-state index contributed by atoms with van der Waals surface area (Å²) in [6, 6.07) is 27.1. The van der Waals surface area contributed by atoms with Gasteiger partial charge in [-0.15, -0.1) is 11.3 Å². The Hall–Kier alpha value is -4.03. The van der Waals surface area contributed by atoms with Crippen molar-refractivity contribution in [2.75, 3.05) is 17.2 Å². The number of rotatable bonds is 10. The molecule has 2 amide bonds. The van der Waals surface area contributed by atoms with Gasteiger partial charge in [0.25, 0.3) is 11.8 Å². The van der Waals surface area contributed by atoms with Gasteiger partial charge < -0.3 is 15.4 Å². The summed E-state index contributed by atoms with van der Waals surface area (Å²) in [4.78, 5) is 29.8. The van der Waals surface area contributed by atoms with Crippen molar-refractivity contribution < 1.29 is 14.3 Å². The van der Waals surface area contributed by atoms with E-state index in [0.29, 0.717) is 32.1 Å². The van der Waals surface area contributed by atoms with Crippen molar-refractivity contribution in [3.8, 4) is 17.0 Å². The van der Waals surface area contributed by atoms with E-state index in [2.05, 4.69) is 58.0 Å². The minimum Gasteiger partial charge on any atom is -0.482 e. The zero-order valence-corrected chi connectivity index (χ0v) is 26.9. The third-order valence-corrected chi connectivity index (χ3v) is 7.91. The van der Waals surface area contributed by atoms with Crippen LogP contribution >= 0.6 is 54.8 Å². The molecule has 0 saturated heterocycles. The maximum Gasteiger partial charge on any atom is 0.271 e. The maximum absolute atomic E-state index is 12.8. The van der Waals surface area contributed by atoms with E-state index in [9.17, 15) is 9.59 Å². The fourth-order valence-electron chi connectivity index (χ4n) is 3.82. The molecule has 0 aliphatic rings. The second-order valence-corrected chi connectivity index (χ2v) is 12.0. The molecule has 216 valence electrons. The number of nitrogens with zero attached hydrogens (tertiary/aromatic N) is 2. The number of thiazole rings is 1. The van der Waals surface area contributed by atoms with Crippen molar-refractivity contribution in [3.05, 3.63) is 121 Å². The fraction of sp³-hybridized carbons (Fsp3) is 0.0323. The average Bonchev–Trinajstić information content (AvgIpc) is 3.47. The van der Waals surface area contributed by atoms with Crippen LogP contribution in [0.25, 0.3) is 11.3 Å². The topological polar surface area (TPSA) is 105 Å². The predicted octanol–water partition coefficient (Wildman–Crippen LogP) is 8.51. The standard InChI is InChI=1S/C31H22Br2ClN5O3S/c32-22-14-21(29(26(33)15-22)42-17-28(40)36-24-4-2-1-3-5-24)16-35-39-30(41)20-8-6-19(7-9-20)27-18-43-31(38-27)37-25-12-10-23(34)11-13-25/h1-16,18H,17H2,(H,36,40)(H,37,38)(H,39,41)/b35-16-. The first kappa shape index (κ1) is 30.4. The molecule has 0 unspecified atom stereocenters. The number of halogens is 3. The first-order valence-corrected chi connectivity index (χ1v) is 15.6. The lowest BCUT2D eigenvalue weighted by Gasteiger charge is -2.12. The number of amides is 2. The lowest BCUT2D eigenvalue weighted by Crippen LogP contribution is -2.21. The summed E-state index contributed by atoms with van der Waals surface area (Å²) in [5.74, 6) is -0.292. The molecule has 5 aromatic rings. The highest BCUT2D eigenvalue weighted by Gasteiger charge is 2.13. The van der Waals surface area contributed by atoms with Crippen LogP contribution in [0.5, 0.6) is 5.75 Å². The van der Waals surface area contributed by atoms with Gasteiger partial charge in [-0.2, -0.15) is 5.10 Å². The van der Waals surface area contributed by atoms with Crippen molar-refractivity contribution >= 4 is 89.3 Å². The molecule has 4 aromatic carbocycles. The molecule has 1 aromatic heterocycles. The molecule has 0 bridgehead atoms. The average molecular weight is 740 g/mol. The first-order chi connectivity index (χ1) is 20.8. The summed E-state index contributed by atoms with van der Waals surface area (Å²) < 4.78 is 7.17. The fourth-order valence-corrected chi connectivity index (χ4v) is 6.06. The van der Waals surface area contributed by atoms with Gasteiger partial charge in [0, 0.05) is 42.9 Å². The van der Waals surface area contributed by atoms with Crippen molar-refractivity contribution in [3.63, 3.8) is 0 Å². The van der Waals surface area contributed by atoms with Crippen LogP contribution in [0.4, 0.5) is 16.5 Å². The van der Waals surface area contributed by atoms with Crippen LogP contribution in [0, 0.1) is 0 Å². The summed E-state index contributed by atoms with van der Waals surface area (Å²) in [7, 11) is 0. The normalized spacial score (nSPS) is 10.9. The number of nitrogens with one attached hydrogen (secondary N) is 3. The molecule has 43 heavy (non-hydrogen) atoms. The van der Waals surface area contributed by atoms with Crippen LogP contribution in [0.1, 0.15) is 15.9 Å². The minimum atomic E-state index is -0.384. The number of carbonyl (C=O) groups excluding carboxylic acids is 2. The Labute approximate surface area is 273 Å². The number of hydrogen-bond donors (Lipinski definition) is 3. The Morgan fingerprint density at radius 3 is 2.44 bits per heavy atom. The van der Waals surface area contributed by atoms with Gasteiger partial charge >= 0.3 is 0 Å². The summed E-state index contributed by atoms with van der Waals surface area (Å²) in [5, 5.41) is 13.5. The highest BCUT2D eigenvalue weighted by atomic mass is 79.9. The highest BCUT2D eigenvalue weighted by Crippen LogP contribution is 2.32. The Kier molecular flexibility index (Phi) is 10.2. The molecule has 8 nitrogen and oxygen atoms in total. The van der Waals surface area contributed by atoms with E-state index >= 15 is 0 Å². The summed E-state index contributed by atoms with van der Waals surface area (Å²) in [5.41, 5.74) is 6.74. The van der Waals surface area contributed by atoms with E-state index in [4.69, 9.17) is 16.3 Å². The Morgan fingerprint density at radius 1 is 0.953 bits per heavy atom. The molecule has 0 saturated carbocycles. The smallest absolute Gasteiger partial charge is 0.271 e. The van der Waals surface area contributed by atoms with Crippen molar-refractivity contribution in [1.29, 1.82) is 0 Å². The number of para-hydroxylation sites is 1. The van der Waals surface area contributed by atoms with Gasteiger partial charge in [0.2, 0.25) is 0 Å². The molecule has 1 heterocycles. The van der Waals surface area contributed by atoms with Crippen LogP contribution in [0.3, 0.4) is 0 Å². The van der Waals surface area contributed by atoms with E-state index in [1.54, 1.807) is 36.4 Å². The van der Waals surface area contributed by atoms with Crippen LogP contribution in [0.2, 0.25) is 5.02 Å². The highest BCUT2D eigenvalue weighted by molar-refractivity contribution is 9.11. The third-order valence-electron chi connectivity index (χ3n) is 5.85. The van der Waals surface area contributed by atoms with Crippen LogP contribution in [-0.4, -0.2) is 29.6 Å². The number of hydrogen-bond acceptors (Lipinski definition) is 7. The van der Waals surface area contributed by atoms with E-state index in [1.807, 2.05) is 60.0 Å². The zero-order chi connectivity index (χ0) is 30.2. The van der Waals surface area contributed by atoms with Crippen LogP contribution in [0.15, 0.2) is 110 Å². The molecular formula is C31H22Br2ClN5O3S. The monoisotopic (exact) mass is 737 g/mol. The molecule has 0 spiro atoms. The first-order valence-electron chi connectivity index (χ1n) is 12.7. The van der Waals surface area contributed by atoms with Gasteiger partial charge in [-0.25, -0.2) is 10.4 Å². The zero-order valence-electron chi connectivity index (χ0n) is 22.2. The van der Waals surface area contributed by atoms with E-state index in [1.165, 1.54) is 17.6 Å². The van der Waals surface area contributed by atoms with Gasteiger partial charge in [-0.3, -0.25) is 9.59 Å².